The topological polar surface area (TPSA) is 46.4 Å². The number of carbonyl (C=O) groups is 1. The first-order valence-corrected chi connectivity index (χ1v) is 9.01. The molecule has 0 aliphatic rings. The molecule has 128 valence electrons. The molecule has 0 atom stereocenters. The summed E-state index contributed by atoms with van der Waals surface area (Å²) in [5.74, 6) is -0.165. The Morgan fingerprint density at radius 1 is 1.08 bits per heavy atom. The second-order valence-electron chi connectivity index (χ2n) is 6.11. The molecule has 0 spiro atoms. The monoisotopic (exact) mass is 405 g/mol. The fourth-order valence-electron chi connectivity index (χ4n) is 2.79. The van der Waals surface area contributed by atoms with E-state index in [1.165, 1.54) is 0 Å². The zero-order valence-corrected chi connectivity index (χ0v) is 15.7. The Balaban J connectivity index is 1.63. The van der Waals surface area contributed by atoms with Crippen molar-refractivity contribution in [1.29, 1.82) is 0 Å². The van der Waals surface area contributed by atoms with Gasteiger partial charge in [-0.2, -0.15) is 0 Å². The Kier molecular flexibility index (Phi) is 4.31. The highest BCUT2D eigenvalue weighted by Gasteiger charge is 2.11. The summed E-state index contributed by atoms with van der Waals surface area (Å²) in [6.45, 7) is 2.01. The maximum Gasteiger partial charge on any atom is 0.255 e. The zero-order valence-electron chi connectivity index (χ0n) is 14.1. The highest BCUT2D eigenvalue weighted by atomic mass is 79.9. The Morgan fingerprint density at radius 3 is 2.65 bits per heavy atom. The third kappa shape index (κ3) is 3.26. The molecule has 4 nitrogen and oxygen atoms in total. The minimum atomic E-state index is -0.165. The van der Waals surface area contributed by atoms with Crippen LogP contribution < -0.4 is 5.32 Å². The summed E-state index contributed by atoms with van der Waals surface area (Å²) in [5.41, 5.74) is 5.10. The normalized spacial score (nSPS) is 10.8. The molecule has 1 amide bonds. The van der Waals surface area contributed by atoms with Gasteiger partial charge in [0.2, 0.25) is 0 Å². The van der Waals surface area contributed by atoms with Crippen LogP contribution in [0.25, 0.3) is 16.9 Å². The second kappa shape index (κ2) is 6.77. The number of benzene rings is 2. The number of imidazole rings is 1. The van der Waals surface area contributed by atoms with Gasteiger partial charge in [-0.1, -0.05) is 36.4 Å². The number of amides is 1. The van der Waals surface area contributed by atoms with E-state index < -0.39 is 0 Å². The molecule has 0 aliphatic carbocycles. The molecule has 2 aromatic carbocycles. The second-order valence-corrected chi connectivity index (χ2v) is 6.96. The molecule has 2 aromatic heterocycles. The fourth-order valence-corrected chi connectivity index (χ4v) is 3.38. The van der Waals surface area contributed by atoms with Crippen molar-refractivity contribution in [3.05, 3.63) is 88.7 Å². The lowest BCUT2D eigenvalue weighted by Gasteiger charge is -2.08. The number of anilines is 1. The molecule has 0 bridgehead atoms. The summed E-state index contributed by atoms with van der Waals surface area (Å²) in [7, 11) is 0. The maximum absolute atomic E-state index is 12.6. The Hall–Kier alpha value is -2.92. The van der Waals surface area contributed by atoms with Gasteiger partial charge >= 0.3 is 0 Å². The molecule has 26 heavy (non-hydrogen) atoms. The van der Waals surface area contributed by atoms with Crippen LogP contribution in [0.3, 0.4) is 0 Å². The average Bonchev–Trinajstić information content (AvgIpc) is 3.08. The van der Waals surface area contributed by atoms with Crippen molar-refractivity contribution in [1.82, 2.24) is 9.38 Å². The summed E-state index contributed by atoms with van der Waals surface area (Å²) >= 11 is 3.49. The van der Waals surface area contributed by atoms with Crippen LogP contribution >= 0.6 is 15.9 Å². The van der Waals surface area contributed by atoms with Gasteiger partial charge < -0.3 is 9.72 Å². The van der Waals surface area contributed by atoms with Crippen LogP contribution in [-0.2, 0) is 0 Å². The van der Waals surface area contributed by atoms with Crippen molar-refractivity contribution in [3.8, 4) is 11.3 Å². The molecule has 4 aromatic rings. The predicted octanol–water partition coefficient (Wildman–Crippen LogP) is 5.32. The molecule has 1 N–H and O–H groups in total. The third-order valence-corrected chi connectivity index (χ3v) is 4.82. The SMILES string of the molecule is Cc1ccc(NC(=O)c2ccn3cc(-c4ccccc4)nc3c2)c(Br)c1. The molecule has 2 heterocycles. The Bertz CT molecular complexity index is 1100. The first-order valence-electron chi connectivity index (χ1n) is 8.22. The number of pyridine rings is 1. The largest absolute Gasteiger partial charge is 0.321 e. The summed E-state index contributed by atoms with van der Waals surface area (Å²) in [4.78, 5) is 17.2. The number of carbonyl (C=O) groups excluding carboxylic acids is 1. The lowest BCUT2D eigenvalue weighted by atomic mass is 10.2. The number of hydrogen-bond donors (Lipinski definition) is 1. The molecule has 0 saturated carbocycles. The van der Waals surface area contributed by atoms with Gasteiger partial charge in [-0.3, -0.25) is 4.79 Å². The van der Waals surface area contributed by atoms with Crippen LogP contribution in [0.15, 0.2) is 77.5 Å². The quantitative estimate of drug-likeness (QED) is 0.500. The van der Waals surface area contributed by atoms with Gasteiger partial charge in [0.15, 0.2) is 0 Å². The fraction of sp³-hybridized carbons (Fsp3) is 0.0476. The van der Waals surface area contributed by atoms with Gasteiger partial charge in [-0.25, -0.2) is 4.98 Å². The summed E-state index contributed by atoms with van der Waals surface area (Å²) in [6.07, 6.45) is 3.82. The van der Waals surface area contributed by atoms with Gasteiger partial charge in [0, 0.05) is 28.0 Å². The number of halogens is 1. The predicted molar refractivity (Wildman–Crippen MR) is 107 cm³/mol. The van der Waals surface area contributed by atoms with Crippen LogP contribution in [-0.4, -0.2) is 15.3 Å². The van der Waals surface area contributed by atoms with Crippen molar-refractivity contribution >= 4 is 33.2 Å². The van der Waals surface area contributed by atoms with E-state index in [1.807, 2.05) is 72.2 Å². The van der Waals surface area contributed by atoms with Crippen molar-refractivity contribution in [2.24, 2.45) is 0 Å². The molecule has 0 fully saturated rings. The van der Waals surface area contributed by atoms with Crippen LogP contribution in [0.4, 0.5) is 5.69 Å². The van der Waals surface area contributed by atoms with Crippen molar-refractivity contribution < 1.29 is 4.79 Å². The molecule has 0 aliphatic heterocycles. The van der Waals surface area contributed by atoms with Gasteiger partial charge in [0.05, 0.1) is 11.4 Å². The van der Waals surface area contributed by atoms with Crippen LogP contribution in [0.2, 0.25) is 0 Å². The zero-order chi connectivity index (χ0) is 18.1. The minimum Gasteiger partial charge on any atom is -0.321 e. The first kappa shape index (κ1) is 16.5. The Labute approximate surface area is 159 Å². The van der Waals surface area contributed by atoms with Crippen molar-refractivity contribution in [3.63, 3.8) is 0 Å². The highest BCUT2D eigenvalue weighted by molar-refractivity contribution is 9.10. The summed E-state index contributed by atoms with van der Waals surface area (Å²) in [6, 6.07) is 19.4. The van der Waals surface area contributed by atoms with E-state index >= 15 is 0 Å². The van der Waals surface area contributed by atoms with E-state index in [-0.39, 0.29) is 5.91 Å². The molecule has 0 radical (unpaired) electrons. The van der Waals surface area contributed by atoms with Crippen molar-refractivity contribution in [2.45, 2.75) is 6.92 Å². The van der Waals surface area contributed by atoms with E-state index in [0.717, 1.165) is 32.6 Å². The first-order chi connectivity index (χ1) is 12.6. The van der Waals surface area contributed by atoms with Gasteiger partial charge in [-0.15, -0.1) is 0 Å². The minimum absolute atomic E-state index is 0.165. The average molecular weight is 406 g/mol. The molecule has 4 rings (SSSR count). The number of fused-ring (bicyclic) bond motifs is 1. The number of hydrogen-bond acceptors (Lipinski definition) is 2. The van der Waals surface area contributed by atoms with Crippen LogP contribution in [0.5, 0.6) is 0 Å². The molecule has 0 saturated heterocycles. The van der Waals surface area contributed by atoms with Gasteiger partial charge in [0.1, 0.15) is 5.65 Å². The summed E-state index contributed by atoms with van der Waals surface area (Å²) < 4.78 is 2.78. The number of nitrogens with one attached hydrogen (secondary N) is 1. The molecular weight excluding hydrogens is 390 g/mol. The van der Waals surface area contributed by atoms with Gasteiger partial charge in [-0.05, 0) is 52.7 Å². The number of rotatable bonds is 3. The number of aromatic nitrogens is 2. The van der Waals surface area contributed by atoms with Gasteiger partial charge in [0.25, 0.3) is 5.91 Å². The maximum atomic E-state index is 12.6. The summed E-state index contributed by atoms with van der Waals surface area (Å²) in [5, 5.41) is 2.93. The smallest absolute Gasteiger partial charge is 0.255 e. The standard InChI is InChI=1S/C21H16BrN3O/c1-14-7-8-18(17(22)11-14)24-21(26)16-9-10-25-13-19(23-20(25)12-16)15-5-3-2-4-6-15/h2-13H,1H3,(H,24,26). The van der Waals surface area contributed by atoms with Crippen LogP contribution in [0, 0.1) is 6.92 Å². The highest BCUT2D eigenvalue weighted by Crippen LogP contribution is 2.24. The molecule has 0 unspecified atom stereocenters. The van der Waals surface area contributed by atoms with Crippen molar-refractivity contribution in [2.75, 3.05) is 5.32 Å². The lowest BCUT2D eigenvalue weighted by Crippen LogP contribution is -2.12. The molecule has 5 heteroatoms. The molecular formula is C21H16BrN3O. The number of nitrogens with zero attached hydrogens (tertiary/aromatic N) is 2. The third-order valence-electron chi connectivity index (χ3n) is 4.16. The van der Waals surface area contributed by atoms with Crippen LogP contribution in [0.1, 0.15) is 15.9 Å². The van der Waals surface area contributed by atoms with E-state index in [4.69, 9.17) is 0 Å². The van der Waals surface area contributed by atoms with E-state index in [0.29, 0.717) is 5.56 Å². The van der Waals surface area contributed by atoms with E-state index in [1.54, 1.807) is 12.1 Å². The number of aryl methyl sites for hydroxylation is 1. The van der Waals surface area contributed by atoms with E-state index in [9.17, 15) is 4.79 Å². The van der Waals surface area contributed by atoms with E-state index in [2.05, 4.69) is 26.2 Å². The Morgan fingerprint density at radius 2 is 1.88 bits per heavy atom. The lowest BCUT2D eigenvalue weighted by molar-refractivity contribution is 0.102.